The molecule has 0 aliphatic carbocycles. The Morgan fingerprint density at radius 1 is 1.67 bits per heavy atom. The van der Waals surface area contributed by atoms with E-state index in [1.807, 2.05) is 0 Å². The summed E-state index contributed by atoms with van der Waals surface area (Å²) in [5, 5.41) is 12.7. The highest BCUT2D eigenvalue weighted by atomic mass is 16.5. The van der Waals surface area contributed by atoms with Gasteiger partial charge in [-0.2, -0.15) is 5.21 Å². The summed E-state index contributed by atoms with van der Waals surface area (Å²) < 4.78 is 4.39. The minimum absolute atomic E-state index is 0.316. The zero-order chi connectivity index (χ0) is 8.81. The molecule has 62 valence electrons. The maximum absolute atomic E-state index is 10.7. The summed E-state index contributed by atoms with van der Waals surface area (Å²) >= 11 is 0. The number of aromatic nitrogens is 4. The van der Waals surface area contributed by atoms with Gasteiger partial charge >= 0.3 is 5.97 Å². The summed E-state index contributed by atoms with van der Waals surface area (Å²) in [5.74, 6) is -0.217. The van der Waals surface area contributed by atoms with Crippen LogP contribution >= 0.6 is 0 Å². The lowest BCUT2D eigenvalue weighted by Gasteiger charge is -1.87. The van der Waals surface area contributed by atoms with Gasteiger partial charge in [0.2, 0.25) is 0 Å². The van der Waals surface area contributed by atoms with Gasteiger partial charge in [-0.3, -0.25) is 0 Å². The van der Waals surface area contributed by atoms with Crippen molar-refractivity contribution in [3.63, 3.8) is 0 Å². The van der Waals surface area contributed by atoms with Crippen molar-refractivity contribution < 1.29 is 9.53 Å². The zero-order valence-corrected chi connectivity index (χ0v) is 6.10. The van der Waals surface area contributed by atoms with Crippen LogP contribution < -0.4 is 0 Å². The van der Waals surface area contributed by atoms with Gasteiger partial charge in [0.25, 0.3) is 0 Å². The van der Waals surface area contributed by atoms with E-state index in [2.05, 4.69) is 31.9 Å². The topological polar surface area (TPSA) is 80.8 Å². The maximum atomic E-state index is 10.7. The highest BCUT2D eigenvalue weighted by Gasteiger charge is 1.94. The first-order chi connectivity index (χ1) is 5.83. The molecule has 12 heavy (non-hydrogen) atoms. The first-order valence-electron chi connectivity index (χ1n) is 3.06. The van der Waals surface area contributed by atoms with Crippen LogP contribution in [0.4, 0.5) is 0 Å². The number of tetrazole rings is 1. The van der Waals surface area contributed by atoms with Crippen molar-refractivity contribution in [3.05, 3.63) is 24.7 Å². The molecule has 0 atom stereocenters. The van der Waals surface area contributed by atoms with Gasteiger partial charge in [-0.1, -0.05) is 6.58 Å². The van der Waals surface area contributed by atoms with E-state index in [0.29, 0.717) is 5.82 Å². The molecule has 0 radical (unpaired) electrons. The molecule has 1 aromatic rings. The van der Waals surface area contributed by atoms with Gasteiger partial charge in [0, 0.05) is 6.08 Å². The molecule has 0 bridgehead atoms. The van der Waals surface area contributed by atoms with E-state index in [0.717, 1.165) is 6.26 Å². The second kappa shape index (κ2) is 4.02. The zero-order valence-electron chi connectivity index (χ0n) is 6.10. The Labute approximate surface area is 67.9 Å². The lowest BCUT2D eigenvalue weighted by Crippen LogP contribution is -1.92. The quantitative estimate of drug-likeness (QED) is 0.385. The van der Waals surface area contributed by atoms with Crippen LogP contribution in [0.2, 0.25) is 0 Å². The number of ether oxygens (including phenoxy) is 1. The van der Waals surface area contributed by atoms with E-state index in [1.54, 1.807) is 0 Å². The number of esters is 1. The monoisotopic (exact) mass is 166 g/mol. The number of nitrogens with zero attached hydrogens (tertiary/aromatic N) is 3. The average molecular weight is 166 g/mol. The molecule has 0 fully saturated rings. The molecule has 1 aromatic heterocycles. The minimum Gasteiger partial charge on any atom is -0.432 e. The summed E-state index contributed by atoms with van der Waals surface area (Å²) in [4.78, 5) is 10.7. The predicted molar refractivity (Wildman–Crippen MR) is 39.5 cm³/mol. The second-order valence-corrected chi connectivity index (χ2v) is 1.71. The molecular formula is C6H6N4O2. The third-order valence-electron chi connectivity index (χ3n) is 0.930. The van der Waals surface area contributed by atoms with Crippen LogP contribution in [0.3, 0.4) is 0 Å². The van der Waals surface area contributed by atoms with Crippen molar-refractivity contribution in [3.8, 4) is 0 Å². The Morgan fingerprint density at radius 3 is 3.08 bits per heavy atom. The summed E-state index contributed by atoms with van der Waals surface area (Å²) in [6.07, 6.45) is 3.59. The molecule has 0 amide bonds. The number of hydrogen-bond acceptors (Lipinski definition) is 5. The highest BCUT2D eigenvalue weighted by molar-refractivity contribution is 5.86. The molecule has 0 aliphatic rings. The van der Waals surface area contributed by atoms with E-state index in [-0.39, 0.29) is 0 Å². The molecule has 0 saturated carbocycles. The summed E-state index contributed by atoms with van der Waals surface area (Å²) in [7, 11) is 0. The number of aromatic amines is 1. The van der Waals surface area contributed by atoms with Gasteiger partial charge in [0.15, 0.2) is 5.82 Å². The Kier molecular flexibility index (Phi) is 2.72. The number of carbonyl (C=O) groups is 1. The molecule has 6 heteroatoms. The predicted octanol–water partition coefficient (Wildman–Crippen LogP) is -0.100. The van der Waals surface area contributed by atoms with E-state index < -0.39 is 5.97 Å². The van der Waals surface area contributed by atoms with Crippen molar-refractivity contribution in [2.75, 3.05) is 0 Å². The molecule has 0 aliphatic heterocycles. The number of carbonyl (C=O) groups excluding carboxylic acids is 1. The van der Waals surface area contributed by atoms with Crippen molar-refractivity contribution in [1.29, 1.82) is 0 Å². The van der Waals surface area contributed by atoms with Crippen LogP contribution in [0, 0.1) is 0 Å². The van der Waals surface area contributed by atoms with Crippen molar-refractivity contribution in [2.24, 2.45) is 0 Å². The van der Waals surface area contributed by atoms with E-state index >= 15 is 0 Å². The van der Waals surface area contributed by atoms with Crippen LogP contribution in [-0.4, -0.2) is 26.6 Å². The first kappa shape index (κ1) is 8.12. The van der Waals surface area contributed by atoms with Gasteiger partial charge in [-0.05, 0) is 11.3 Å². The Bertz CT molecular complexity index is 291. The van der Waals surface area contributed by atoms with Gasteiger partial charge in [-0.15, -0.1) is 10.2 Å². The average Bonchev–Trinajstić information content (AvgIpc) is 2.53. The largest absolute Gasteiger partial charge is 0.432 e. The van der Waals surface area contributed by atoms with Crippen LogP contribution in [0.5, 0.6) is 0 Å². The van der Waals surface area contributed by atoms with Crippen LogP contribution in [0.25, 0.3) is 6.08 Å². The summed E-state index contributed by atoms with van der Waals surface area (Å²) in [6.45, 7) is 3.22. The smallest absolute Gasteiger partial charge is 0.335 e. The van der Waals surface area contributed by atoms with Crippen molar-refractivity contribution in [1.82, 2.24) is 20.6 Å². The standard InChI is InChI=1S/C6H6N4O2/c1-2-12-6(11)4-3-5-7-9-10-8-5/h2-4H,1H2,(H,7,8,9,10). The number of hydrogen-bond donors (Lipinski definition) is 1. The van der Waals surface area contributed by atoms with Gasteiger partial charge in [0.05, 0.1) is 6.26 Å². The van der Waals surface area contributed by atoms with Crippen LogP contribution in [0.1, 0.15) is 5.82 Å². The van der Waals surface area contributed by atoms with Crippen LogP contribution in [-0.2, 0) is 9.53 Å². The molecule has 1 N–H and O–H groups in total. The normalized spacial score (nSPS) is 10.0. The van der Waals surface area contributed by atoms with Gasteiger partial charge < -0.3 is 4.74 Å². The SMILES string of the molecule is C=COC(=O)C=Cc1nn[nH]n1. The number of rotatable bonds is 3. The van der Waals surface area contributed by atoms with Gasteiger partial charge in [-0.25, -0.2) is 4.79 Å². The van der Waals surface area contributed by atoms with E-state index in [1.165, 1.54) is 12.2 Å². The fourth-order valence-corrected chi connectivity index (χ4v) is 0.504. The van der Waals surface area contributed by atoms with Crippen LogP contribution in [0.15, 0.2) is 18.9 Å². The third kappa shape index (κ3) is 2.33. The van der Waals surface area contributed by atoms with Gasteiger partial charge in [0.1, 0.15) is 0 Å². The highest BCUT2D eigenvalue weighted by Crippen LogP contribution is 1.89. The van der Waals surface area contributed by atoms with Crippen molar-refractivity contribution in [2.45, 2.75) is 0 Å². The molecule has 6 nitrogen and oxygen atoms in total. The Balaban J connectivity index is 2.50. The number of nitrogens with one attached hydrogen (secondary N) is 1. The molecule has 0 unspecified atom stereocenters. The molecule has 1 heterocycles. The Hall–Kier alpha value is -1.98. The summed E-state index contributed by atoms with van der Waals surface area (Å²) in [5.41, 5.74) is 0. The second-order valence-electron chi connectivity index (χ2n) is 1.71. The fraction of sp³-hybridized carbons (Fsp3) is 0. The lowest BCUT2D eigenvalue weighted by molar-refractivity contribution is -0.132. The van der Waals surface area contributed by atoms with Crippen molar-refractivity contribution >= 4 is 12.0 Å². The molecular weight excluding hydrogens is 160 g/mol. The van der Waals surface area contributed by atoms with E-state index in [4.69, 9.17) is 0 Å². The summed E-state index contributed by atoms with van der Waals surface area (Å²) in [6, 6.07) is 0. The third-order valence-corrected chi connectivity index (χ3v) is 0.930. The fourth-order valence-electron chi connectivity index (χ4n) is 0.504. The first-order valence-corrected chi connectivity index (χ1v) is 3.06. The molecule has 0 aromatic carbocycles. The lowest BCUT2D eigenvalue weighted by atomic mass is 10.5. The molecule has 1 rings (SSSR count). The maximum Gasteiger partial charge on any atom is 0.335 e. The Morgan fingerprint density at radius 2 is 2.50 bits per heavy atom. The minimum atomic E-state index is -0.533. The number of H-pyrrole nitrogens is 1. The molecule has 0 spiro atoms. The van der Waals surface area contributed by atoms with E-state index in [9.17, 15) is 4.79 Å². The molecule has 0 saturated heterocycles.